The Bertz CT molecular complexity index is 1080. The number of nitrogens with one attached hydrogen (secondary N) is 1. The minimum absolute atomic E-state index is 0.0834. The quantitative estimate of drug-likeness (QED) is 0.487. The topological polar surface area (TPSA) is 63.0 Å². The average molecular weight is 479 g/mol. The highest BCUT2D eigenvalue weighted by Gasteiger charge is 2.41. The highest BCUT2D eigenvalue weighted by atomic mass is 32.1. The number of hydrogen-bond donors (Lipinski definition) is 1. The van der Waals surface area contributed by atoms with Crippen molar-refractivity contribution in [1.29, 1.82) is 0 Å². The summed E-state index contributed by atoms with van der Waals surface area (Å²) in [6.45, 7) is 7.82. The third-order valence-electron chi connectivity index (χ3n) is 6.33. The van der Waals surface area contributed by atoms with Gasteiger partial charge in [0, 0.05) is 37.9 Å². The van der Waals surface area contributed by atoms with Crippen molar-refractivity contribution in [2.75, 3.05) is 46.0 Å². The number of thiocarbonyl (C=S) groups is 1. The maximum Gasteiger partial charge on any atom is 0.170 e. The summed E-state index contributed by atoms with van der Waals surface area (Å²) in [4.78, 5) is 9.28. The van der Waals surface area contributed by atoms with Crippen LogP contribution in [-0.2, 0) is 4.74 Å². The molecule has 3 aromatic rings. The SMILES string of the molecule is CCOc1ccc(-c2ccc([C@H]3[C@@H](c4ccccn4)NC(=S)N3CCN3CCOCC3)o2)cc1. The van der Waals surface area contributed by atoms with Gasteiger partial charge in [0.05, 0.1) is 31.6 Å². The normalized spacial score (nSPS) is 21.0. The molecule has 2 saturated heterocycles. The Morgan fingerprint density at radius 3 is 2.62 bits per heavy atom. The van der Waals surface area contributed by atoms with E-state index in [2.05, 4.69) is 26.2 Å². The molecular weight excluding hydrogens is 448 g/mol. The smallest absolute Gasteiger partial charge is 0.170 e. The minimum atomic E-state index is -0.0854. The number of pyridine rings is 1. The van der Waals surface area contributed by atoms with Crippen molar-refractivity contribution in [2.24, 2.45) is 0 Å². The first-order chi connectivity index (χ1) is 16.7. The minimum Gasteiger partial charge on any atom is -0.494 e. The summed E-state index contributed by atoms with van der Waals surface area (Å²) < 4.78 is 17.5. The molecule has 2 aromatic heterocycles. The van der Waals surface area contributed by atoms with Crippen LogP contribution in [0, 0.1) is 0 Å². The van der Waals surface area contributed by atoms with E-state index < -0.39 is 0 Å². The zero-order chi connectivity index (χ0) is 23.3. The summed E-state index contributed by atoms with van der Waals surface area (Å²) in [5.74, 6) is 2.55. The largest absolute Gasteiger partial charge is 0.494 e. The first-order valence-corrected chi connectivity index (χ1v) is 12.2. The van der Waals surface area contributed by atoms with Crippen LogP contribution in [0.5, 0.6) is 5.75 Å². The van der Waals surface area contributed by atoms with E-state index in [0.29, 0.717) is 6.61 Å². The van der Waals surface area contributed by atoms with Gasteiger partial charge in [-0.15, -0.1) is 0 Å². The molecule has 2 atom stereocenters. The Hall–Kier alpha value is -2.94. The van der Waals surface area contributed by atoms with Gasteiger partial charge in [-0.3, -0.25) is 9.88 Å². The van der Waals surface area contributed by atoms with Crippen LogP contribution in [0.25, 0.3) is 11.3 Å². The average Bonchev–Trinajstić information content (AvgIpc) is 3.49. The summed E-state index contributed by atoms with van der Waals surface area (Å²) in [6.07, 6.45) is 1.82. The summed E-state index contributed by atoms with van der Waals surface area (Å²) in [5.41, 5.74) is 1.96. The number of rotatable bonds is 8. The molecule has 1 N–H and O–H groups in total. The predicted molar refractivity (Wildman–Crippen MR) is 135 cm³/mol. The lowest BCUT2D eigenvalue weighted by atomic mass is 10.0. The molecule has 0 spiro atoms. The third kappa shape index (κ3) is 4.94. The van der Waals surface area contributed by atoms with E-state index in [-0.39, 0.29) is 12.1 Å². The van der Waals surface area contributed by atoms with Crippen molar-refractivity contribution in [3.8, 4) is 17.1 Å². The summed E-state index contributed by atoms with van der Waals surface area (Å²) in [5, 5.41) is 4.23. The molecule has 0 amide bonds. The number of ether oxygens (including phenoxy) is 2. The molecule has 34 heavy (non-hydrogen) atoms. The molecule has 4 heterocycles. The van der Waals surface area contributed by atoms with Crippen LogP contribution in [0.3, 0.4) is 0 Å². The van der Waals surface area contributed by atoms with Gasteiger partial charge in [0.25, 0.3) is 0 Å². The van der Waals surface area contributed by atoms with E-state index >= 15 is 0 Å². The zero-order valence-corrected chi connectivity index (χ0v) is 20.2. The molecule has 0 bridgehead atoms. The zero-order valence-electron chi connectivity index (χ0n) is 19.4. The van der Waals surface area contributed by atoms with E-state index in [9.17, 15) is 0 Å². The molecule has 178 valence electrons. The van der Waals surface area contributed by atoms with Gasteiger partial charge in [0.2, 0.25) is 0 Å². The fourth-order valence-corrected chi connectivity index (χ4v) is 4.91. The molecule has 2 aliphatic rings. The number of morpholine rings is 1. The van der Waals surface area contributed by atoms with Gasteiger partial charge < -0.3 is 24.1 Å². The molecule has 0 unspecified atom stereocenters. The highest BCUT2D eigenvalue weighted by molar-refractivity contribution is 7.80. The lowest BCUT2D eigenvalue weighted by molar-refractivity contribution is 0.0347. The van der Waals surface area contributed by atoms with E-state index in [4.69, 9.17) is 26.1 Å². The standard InChI is InChI=1S/C26H30N4O3S/c1-2-32-20-8-6-19(7-9-20)22-10-11-23(33-22)25-24(21-5-3-4-12-27-21)28-26(34)30(25)14-13-29-15-17-31-18-16-29/h3-12,24-25H,2,13-18H2,1H3,(H,28,34)/t24-,25+/m1/s1. The van der Waals surface area contributed by atoms with E-state index in [1.54, 1.807) is 0 Å². The summed E-state index contributed by atoms with van der Waals surface area (Å²) in [7, 11) is 0. The molecular formula is C26H30N4O3S. The Balaban J connectivity index is 1.41. The van der Waals surface area contributed by atoms with Crippen molar-refractivity contribution in [3.63, 3.8) is 0 Å². The maximum atomic E-state index is 6.43. The highest BCUT2D eigenvalue weighted by Crippen LogP contribution is 2.40. The van der Waals surface area contributed by atoms with Gasteiger partial charge in [-0.05, 0) is 67.7 Å². The van der Waals surface area contributed by atoms with Gasteiger partial charge >= 0.3 is 0 Å². The van der Waals surface area contributed by atoms with Crippen LogP contribution in [0.4, 0.5) is 0 Å². The Kier molecular flexibility index (Phi) is 7.08. The molecule has 0 aliphatic carbocycles. The first kappa shape index (κ1) is 22.8. The van der Waals surface area contributed by atoms with E-state index in [1.807, 2.05) is 61.7 Å². The monoisotopic (exact) mass is 478 g/mol. The van der Waals surface area contributed by atoms with Crippen LogP contribution in [0.1, 0.15) is 30.5 Å². The number of aromatic nitrogens is 1. The van der Waals surface area contributed by atoms with Crippen molar-refractivity contribution < 1.29 is 13.9 Å². The Labute approximate surface area is 205 Å². The van der Waals surface area contributed by atoms with Crippen molar-refractivity contribution in [3.05, 3.63) is 72.2 Å². The molecule has 1 aromatic carbocycles. The van der Waals surface area contributed by atoms with Gasteiger partial charge in [-0.1, -0.05) is 6.07 Å². The van der Waals surface area contributed by atoms with Gasteiger partial charge in [-0.25, -0.2) is 0 Å². The molecule has 0 saturated carbocycles. The van der Waals surface area contributed by atoms with Crippen molar-refractivity contribution >= 4 is 17.3 Å². The molecule has 2 fully saturated rings. The summed E-state index contributed by atoms with van der Waals surface area (Å²) >= 11 is 5.79. The number of hydrogen-bond acceptors (Lipinski definition) is 6. The maximum absolute atomic E-state index is 6.43. The van der Waals surface area contributed by atoms with Crippen LogP contribution in [0.2, 0.25) is 0 Å². The van der Waals surface area contributed by atoms with E-state index in [0.717, 1.165) is 73.0 Å². The second kappa shape index (κ2) is 10.5. The fourth-order valence-electron chi connectivity index (χ4n) is 4.58. The van der Waals surface area contributed by atoms with Crippen LogP contribution >= 0.6 is 12.2 Å². The molecule has 5 rings (SSSR count). The first-order valence-electron chi connectivity index (χ1n) is 11.8. The Morgan fingerprint density at radius 1 is 1.06 bits per heavy atom. The lowest BCUT2D eigenvalue weighted by Gasteiger charge is -2.31. The fraction of sp³-hybridized carbons (Fsp3) is 0.385. The van der Waals surface area contributed by atoms with Crippen LogP contribution in [0.15, 0.2) is 65.2 Å². The molecule has 2 aliphatic heterocycles. The third-order valence-corrected chi connectivity index (χ3v) is 6.68. The number of furan rings is 1. The molecule has 8 heteroatoms. The summed E-state index contributed by atoms with van der Waals surface area (Å²) in [6, 6.07) is 17.9. The van der Waals surface area contributed by atoms with Gasteiger partial charge in [-0.2, -0.15) is 0 Å². The van der Waals surface area contributed by atoms with Gasteiger partial charge in [0.15, 0.2) is 5.11 Å². The molecule has 7 nitrogen and oxygen atoms in total. The van der Waals surface area contributed by atoms with Crippen molar-refractivity contribution in [1.82, 2.24) is 20.1 Å². The van der Waals surface area contributed by atoms with Crippen LogP contribution in [-0.4, -0.2) is 65.9 Å². The predicted octanol–water partition coefficient (Wildman–Crippen LogP) is 4.05. The van der Waals surface area contributed by atoms with Gasteiger partial charge in [0.1, 0.15) is 23.3 Å². The number of nitrogens with zero attached hydrogens (tertiary/aromatic N) is 3. The number of benzene rings is 1. The second-order valence-electron chi connectivity index (χ2n) is 8.43. The van der Waals surface area contributed by atoms with E-state index in [1.165, 1.54) is 0 Å². The van der Waals surface area contributed by atoms with Crippen molar-refractivity contribution in [2.45, 2.75) is 19.0 Å². The molecule has 0 radical (unpaired) electrons. The lowest BCUT2D eigenvalue weighted by Crippen LogP contribution is -2.42. The second-order valence-corrected chi connectivity index (χ2v) is 8.82. The van der Waals surface area contributed by atoms with Crippen LogP contribution < -0.4 is 10.1 Å². The Morgan fingerprint density at radius 2 is 1.88 bits per heavy atom.